The van der Waals surface area contributed by atoms with Crippen molar-refractivity contribution in [3.05, 3.63) is 29.7 Å². The van der Waals surface area contributed by atoms with Gasteiger partial charge in [0, 0.05) is 31.4 Å². The molecule has 26 heavy (non-hydrogen) atoms. The first-order valence-corrected chi connectivity index (χ1v) is 9.01. The van der Waals surface area contributed by atoms with Gasteiger partial charge >= 0.3 is 6.09 Å². The van der Waals surface area contributed by atoms with Gasteiger partial charge < -0.3 is 15.4 Å². The van der Waals surface area contributed by atoms with Gasteiger partial charge in [0.05, 0.1) is 28.8 Å². The monoisotopic (exact) mass is 377 g/mol. The third-order valence-corrected chi connectivity index (χ3v) is 4.44. The van der Waals surface area contributed by atoms with Crippen LogP contribution in [0.4, 0.5) is 10.5 Å². The van der Waals surface area contributed by atoms with E-state index in [1.165, 1.54) is 0 Å². The molecular formula is C18H24ClN5O2. The molecule has 1 saturated heterocycles. The Morgan fingerprint density at radius 2 is 2.19 bits per heavy atom. The normalized spacial score (nSPS) is 17.5. The van der Waals surface area contributed by atoms with Crippen molar-refractivity contribution in [3.8, 4) is 11.3 Å². The van der Waals surface area contributed by atoms with Crippen molar-refractivity contribution in [2.24, 2.45) is 5.92 Å². The Labute approximate surface area is 158 Å². The highest BCUT2D eigenvalue weighted by Gasteiger charge is 2.30. The second kappa shape index (κ2) is 7.15. The third kappa shape index (κ3) is 4.46. The Kier molecular flexibility index (Phi) is 5.09. The molecule has 1 fully saturated rings. The second-order valence-corrected chi connectivity index (χ2v) is 8.04. The molecule has 1 unspecified atom stereocenters. The van der Waals surface area contributed by atoms with Crippen molar-refractivity contribution < 1.29 is 9.53 Å². The first-order chi connectivity index (χ1) is 12.2. The fourth-order valence-corrected chi connectivity index (χ4v) is 3.27. The van der Waals surface area contributed by atoms with E-state index in [0.29, 0.717) is 35.4 Å². The number of pyridine rings is 1. The van der Waals surface area contributed by atoms with Gasteiger partial charge in [-0.15, -0.1) is 0 Å². The van der Waals surface area contributed by atoms with Gasteiger partial charge in [0.1, 0.15) is 5.60 Å². The molecule has 7 nitrogen and oxygen atoms in total. The van der Waals surface area contributed by atoms with Crippen molar-refractivity contribution in [1.82, 2.24) is 19.7 Å². The van der Waals surface area contributed by atoms with Crippen LogP contribution in [0, 0.1) is 5.92 Å². The zero-order chi connectivity index (χ0) is 18.9. The molecule has 0 spiro atoms. The highest BCUT2D eigenvalue weighted by molar-refractivity contribution is 6.33. The smallest absolute Gasteiger partial charge is 0.410 e. The Hall–Kier alpha value is -2.28. The van der Waals surface area contributed by atoms with Crippen LogP contribution in [0.25, 0.3) is 11.3 Å². The molecule has 3 heterocycles. The van der Waals surface area contributed by atoms with E-state index in [0.717, 1.165) is 18.5 Å². The minimum atomic E-state index is -0.475. The average Bonchev–Trinajstić information content (AvgIpc) is 3.16. The number of carbonyl (C=O) groups is 1. The molecule has 8 heteroatoms. The Morgan fingerprint density at radius 1 is 1.42 bits per heavy atom. The number of ether oxygens (including phenoxy) is 1. The first kappa shape index (κ1) is 18.5. The van der Waals surface area contributed by atoms with Crippen LogP contribution in [0.3, 0.4) is 0 Å². The predicted molar refractivity (Wildman–Crippen MR) is 101 cm³/mol. The molecular weight excluding hydrogens is 354 g/mol. The minimum absolute atomic E-state index is 0.251. The molecule has 0 radical (unpaired) electrons. The number of nitrogens with zero attached hydrogens (tertiary/aromatic N) is 4. The second-order valence-electron chi connectivity index (χ2n) is 7.63. The van der Waals surface area contributed by atoms with E-state index in [2.05, 4.69) is 10.1 Å². The van der Waals surface area contributed by atoms with Crippen LogP contribution in [-0.4, -0.2) is 44.4 Å². The van der Waals surface area contributed by atoms with Crippen molar-refractivity contribution in [3.63, 3.8) is 0 Å². The van der Waals surface area contributed by atoms with Gasteiger partial charge in [-0.1, -0.05) is 11.6 Å². The van der Waals surface area contributed by atoms with E-state index in [4.69, 9.17) is 22.1 Å². The highest BCUT2D eigenvalue weighted by Crippen LogP contribution is 2.27. The zero-order valence-corrected chi connectivity index (χ0v) is 16.0. The number of nitrogen functional groups attached to an aromatic ring is 1. The van der Waals surface area contributed by atoms with E-state index in [1.54, 1.807) is 23.4 Å². The number of anilines is 1. The number of amides is 1. The molecule has 0 bridgehead atoms. The summed E-state index contributed by atoms with van der Waals surface area (Å²) in [6.07, 6.45) is 5.91. The maximum Gasteiger partial charge on any atom is 0.410 e. The SMILES string of the molecule is CC(C)(C)OC(=O)N1CCC(Cn2cc(-c3ncc(N)cc3Cl)cn2)C1. The molecule has 0 saturated carbocycles. The van der Waals surface area contributed by atoms with Crippen LogP contribution in [-0.2, 0) is 11.3 Å². The van der Waals surface area contributed by atoms with Crippen molar-refractivity contribution >= 4 is 23.4 Å². The van der Waals surface area contributed by atoms with Crippen LogP contribution >= 0.6 is 11.6 Å². The number of hydrogen-bond donors (Lipinski definition) is 1. The summed E-state index contributed by atoms with van der Waals surface area (Å²) >= 11 is 6.21. The fourth-order valence-electron chi connectivity index (χ4n) is 2.99. The van der Waals surface area contributed by atoms with Crippen LogP contribution < -0.4 is 5.73 Å². The van der Waals surface area contributed by atoms with Crippen molar-refractivity contribution in [2.75, 3.05) is 18.8 Å². The number of aromatic nitrogens is 3. The topological polar surface area (TPSA) is 86.3 Å². The van der Waals surface area contributed by atoms with Crippen LogP contribution in [0.2, 0.25) is 5.02 Å². The third-order valence-electron chi connectivity index (χ3n) is 4.15. The number of likely N-dealkylation sites (tertiary alicyclic amines) is 1. The number of nitrogens with two attached hydrogens (primary N) is 1. The van der Waals surface area contributed by atoms with Gasteiger partial charge in [-0.3, -0.25) is 9.67 Å². The van der Waals surface area contributed by atoms with Gasteiger partial charge in [0.25, 0.3) is 0 Å². The molecule has 0 aromatic carbocycles. The molecule has 2 aromatic heterocycles. The van der Waals surface area contributed by atoms with E-state index in [9.17, 15) is 4.79 Å². The molecule has 1 amide bonds. The van der Waals surface area contributed by atoms with Gasteiger partial charge in [0.15, 0.2) is 0 Å². The van der Waals surface area contributed by atoms with Gasteiger partial charge in [0.2, 0.25) is 0 Å². The Balaban J connectivity index is 1.61. The number of carbonyl (C=O) groups excluding carboxylic acids is 1. The zero-order valence-electron chi connectivity index (χ0n) is 15.3. The molecule has 1 aliphatic rings. The predicted octanol–water partition coefficient (Wildman–Crippen LogP) is 3.44. The summed E-state index contributed by atoms with van der Waals surface area (Å²) in [5, 5.41) is 4.90. The number of halogens is 1. The molecule has 1 aliphatic heterocycles. The molecule has 140 valence electrons. The van der Waals surface area contributed by atoms with E-state index in [1.807, 2.05) is 31.6 Å². The van der Waals surface area contributed by atoms with Crippen molar-refractivity contribution in [1.29, 1.82) is 0 Å². The van der Waals surface area contributed by atoms with E-state index in [-0.39, 0.29) is 6.09 Å². The maximum atomic E-state index is 12.2. The van der Waals surface area contributed by atoms with Gasteiger partial charge in [-0.25, -0.2) is 4.79 Å². The highest BCUT2D eigenvalue weighted by atomic mass is 35.5. The van der Waals surface area contributed by atoms with E-state index < -0.39 is 5.60 Å². The van der Waals surface area contributed by atoms with Gasteiger partial charge in [-0.05, 0) is 39.2 Å². The number of hydrogen-bond acceptors (Lipinski definition) is 5. The van der Waals surface area contributed by atoms with Crippen LogP contribution in [0.5, 0.6) is 0 Å². The molecule has 0 aliphatic carbocycles. The largest absolute Gasteiger partial charge is 0.444 e. The lowest BCUT2D eigenvalue weighted by Crippen LogP contribution is -2.35. The number of rotatable bonds is 3. The Morgan fingerprint density at radius 3 is 2.88 bits per heavy atom. The standard InChI is InChI=1S/C18H24ClN5O2/c1-18(2,3)26-17(25)23-5-4-12(9-23)10-24-11-13(7-22-24)16-15(19)6-14(20)8-21-16/h6-8,11-12H,4-5,9-10,20H2,1-3H3. The molecule has 1 atom stereocenters. The summed E-state index contributed by atoms with van der Waals surface area (Å²) in [5.41, 5.74) is 7.24. The van der Waals surface area contributed by atoms with Crippen LogP contribution in [0.15, 0.2) is 24.7 Å². The summed E-state index contributed by atoms with van der Waals surface area (Å²) in [6.45, 7) is 7.73. The van der Waals surface area contributed by atoms with E-state index >= 15 is 0 Å². The summed E-state index contributed by atoms with van der Waals surface area (Å²) in [7, 11) is 0. The van der Waals surface area contributed by atoms with Crippen molar-refractivity contribution in [2.45, 2.75) is 39.3 Å². The lowest BCUT2D eigenvalue weighted by molar-refractivity contribution is 0.0287. The summed E-state index contributed by atoms with van der Waals surface area (Å²) in [6, 6.07) is 1.68. The fraction of sp³-hybridized carbons (Fsp3) is 0.500. The maximum absolute atomic E-state index is 12.2. The summed E-state index contributed by atoms with van der Waals surface area (Å²) in [5.74, 6) is 0.338. The molecule has 2 aromatic rings. The quantitative estimate of drug-likeness (QED) is 0.885. The lowest BCUT2D eigenvalue weighted by Gasteiger charge is -2.24. The average molecular weight is 378 g/mol. The van der Waals surface area contributed by atoms with Gasteiger partial charge in [-0.2, -0.15) is 5.10 Å². The molecule has 3 rings (SSSR count). The first-order valence-electron chi connectivity index (χ1n) is 8.63. The Bertz CT molecular complexity index is 799. The summed E-state index contributed by atoms with van der Waals surface area (Å²) in [4.78, 5) is 18.2. The summed E-state index contributed by atoms with van der Waals surface area (Å²) < 4.78 is 7.30. The van der Waals surface area contributed by atoms with Crippen LogP contribution in [0.1, 0.15) is 27.2 Å². The lowest BCUT2D eigenvalue weighted by atomic mass is 10.1. The molecule has 2 N–H and O–H groups in total. The minimum Gasteiger partial charge on any atom is -0.444 e.